The molecule has 2 atom stereocenters. The fourth-order valence-electron chi connectivity index (χ4n) is 3.48. The number of carbonyl (C=O) groups is 1. The van der Waals surface area contributed by atoms with E-state index in [1.165, 1.54) is 0 Å². The Labute approximate surface area is 172 Å². The van der Waals surface area contributed by atoms with Crippen LogP contribution in [0.4, 0.5) is 0 Å². The van der Waals surface area contributed by atoms with Gasteiger partial charge >= 0.3 is 0 Å². The molecule has 6 heteroatoms. The maximum absolute atomic E-state index is 12.9. The first kappa shape index (κ1) is 21.3. The largest absolute Gasteiger partial charge is 0.491 e. The number of amides is 1. The van der Waals surface area contributed by atoms with Crippen molar-refractivity contribution in [3.05, 3.63) is 59.4 Å². The number of nitrogens with zero attached hydrogens (tertiary/aromatic N) is 2. The van der Waals surface area contributed by atoms with E-state index in [2.05, 4.69) is 4.98 Å². The van der Waals surface area contributed by atoms with Gasteiger partial charge in [-0.25, -0.2) is 0 Å². The van der Waals surface area contributed by atoms with Crippen LogP contribution in [0, 0.1) is 6.92 Å². The summed E-state index contributed by atoms with van der Waals surface area (Å²) in [6.45, 7) is 2.92. The highest BCUT2D eigenvalue weighted by Gasteiger charge is 2.22. The monoisotopic (exact) mass is 398 g/mol. The fourth-order valence-corrected chi connectivity index (χ4v) is 3.48. The summed E-state index contributed by atoms with van der Waals surface area (Å²) in [4.78, 5) is 18.9. The molecule has 0 saturated carbocycles. The van der Waals surface area contributed by atoms with E-state index in [0.29, 0.717) is 18.8 Å². The van der Waals surface area contributed by atoms with Gasteiger partial charge in [0.2, 0.25) is 0 Å². The molecule has 2 aromatic rings. The van der Waals surface area contributed by atoms with E-state index in [-0.39, 0.29) is 18.9 Å². The summed E-state index contributed by atoms with van der Waals surface area (Å²) in [5.74, 6) is 0.624. The topological polar surface area (TPSA) is 82.9 Å². The molecule has 0 spiro atoms. The third-order valence-corrected chi connectivity index (χ3v) is 5.31. The summed E-state index contributed by atoms with van der Waals surface area (Å²) in [5.41, 5.74) is 2.51. The standard InChI is InChI=1S/C23H30N2O4/c1-17-10-11-19(24-15-17)23(28)25-13-6-2-3-7-18-8-4-5-9-22(18)29-16-21(27)20(26)12-14-25/h4-5,8-11,15,20-21,26-27H,2-3,6-7,12-14,16H2,1H3/t20-,21+/m0/s1. The third-order valence-electron chi connectivity index (χ3n) is 5.31. The van der Waals surface area contributed by atoms with E-state index in [1.54, 1.807) is 17.2 Å². The number of hydrogen-bond acceptors (Lipinski definition) is 5. The highest BCUT2D eigenvalue weighted by atomic mass is 16.5. The van der Waals surface area contributed by atoms with Gasteiger partial charge in [-0.15, -0.1) is 0 Å². The number of aliphatic hydroxyl groups excluding tert-OH is 2. The van der Waals surface area contributed by atoms with Gasteiger partial charge in [-0.1, -0.05) is 30.7 Å². The molecule has 29 heavy (non-hydrogen) atoms. The van der Waals surface area contributed by atoms with Crippen LogP contribution in [0.15, 0.2) is 42.6 Å². The zero-order valence-electron chi connectivity index (χ0n) is 17.0. The SMILES string of the molecule is Cc1ccc(C(=O)N2CCCCCc3ccccc3OC[C@@H](O)[C@@H](O)CC2)nc1. The smallest absolute Gasteiger partial charge is 0.272 e. The predicted octanol–water partition coefficient (Wildman–Crippen LogP) is 2.75. The van der Waals surface area contributed by atoms with Crippen LogP contribution in [0.5, 0.6) is 5.75 Å². The molecule has 1 aliphatic heterocycles. The molecule has 1 aromatic heterocycles. The number of benzene rings is 1. The van der Waals surface area contributed by atoms with Gasteiger partial charge in [0.05, 0.1) is 6.10 Å². The van der Waals surface area contributed by atoms with Crippen LogP contribution < -0.4 is 4.74 Å². The first-order valence-corrected chi connectivity index (χ1v) is 10.3. The van der Waals surface area contributed by atoms with Gasteiger partial charge in [-0.3, -0.25) is 9.78 Å². The quantitative estimate of drug-likeness (QED) is 0.772. The zero-order valence-corrected chi connectivity index (χ0v) is 17.0. The number of fused-ring (bicyclic) bond motifs is 1. The predicted molar refractivity (Wildman–Crippen MR) is 111 cm³/mol. The van der Waals surface area contributed by atoms with Crippen molar-refractivity contribution < 1.29 is 19.7 Å². The third kappa shape index (κ3) is 6.02. The number of rotatable bonds is 1. The lowest BCUT2D eigenvalue weighted by atomic mass is 10.0. The zero-order chi connectivity index (χ0) is 20.6. The van der Waals surface area contributed by atoms with E-state index < -0.39 is 12.2 Å². The van der Waals surface area contributed by atoms with Crippen molar-refractivity contribution in [3.8, 4) is 5.75 Å². The Morgan fingerprint density at radius 1 is 1.07 bits per heavy atom. The Morgan fingerprint density at radius 2 is 1.90 bits per heavy atom. The van der Waals surface area contributed by atoms with Crippen molar-refractivity contribution in [2.45, 2.75) is 51.2 Å². The van der Waals surface area contributed by atoms with Gasteiger partial charge in [-0.05, 0) is 55.9 Å². The second-order valence-corrected chi connectivity index (χ2v) is 7.67. The summed E-state index contributed by atoms with van der Waals surface area (Å²) in [6.07, 6.45) is 3.73. The Kier molecular flexibility index (Phi) is 7.61. The molecule has 1 aromatic carbocycles. The van der Waals surface area contributed by atoms with Crippen LogP contribution in [0.2, 0.25) is 0 Å². The molecule has 0 radical (unpaired) electrons. The lowest BCUT2D eigenvalue weighted by molar-refractivity contribution is -0.0153. The van der Waals surface area contributed by atoms with E-state index in [0.717, 1.165) is 42.6 Å². The lowest BCUT2D eigenvalue weighted by Crippen LogP contribution is -2.39. The number of para-hydroxylation sites is 1. The first-order valence-electron chi connectivity index (χ1n) is 10.3. The van der Waals surface area contributed by atoms with Crippen LogP contribution in [-0.4, -0.2) is 57.9 Å². The molecule has 2 N–H and O–H groups in total. The van der Waals surface area contributed by atoms with Gasteiger partial charge in [0.15, 0.2) is 0 Å². The summed E-state index contributed by atoms with van der Waals surface area (Å²) >= 11 is 0. The van der Waals surface area contributed by atoms with Crippen molar-refractivity contribution in [3.63, 3.8) is 0 Å². The van der Waals surface area contributed by atoms with Gasteiger partial charge in [0, 0.05) is 19.3 Å². The maximum atomic E-state index is 12.9. The van der Waals surface area contributed by atoms with Crippen LogP contribution in [0.1, 0.15) is 47.3 Å². The Bertz CT molecular complexity index is 794. The van der Waals surface area contributed by atoms with Crippen LogP contribution in [0.25, 0.3) is 0 Å². The second kappa shape index (κ2) is 10.4. The number of hydrogen-bond donors (Lipinski definition) is 2. The number of aliphatic hydroxyl groups is 2. The number of aromatic nitrogens is 1. The molecule has 6 nitrogen and oxygen atoms in total. The highest BCUT2D eigenvalue weighted by Crippen LogP contribution is 2.21. The lowest BCUT2D eigenvalue weighted by Gasteiger charge is -2.26. The average molecular weight is 399 g/mol. The van der Waals surface area contributed by atoms with Gasteiger partial charge < -0.3 is 19.8 Å². The highest BCUT2D eigenvalue weighted by molar-refractivity contribution is 5.92. The fraction of sp³-hybridized carbons (Fsp3) is 0.478. The molecule has 0 aliphatic carbocycles. The molecule has 156 valence electrons. The van der Waals surface area contributed by atoms with E-state index >= 15 is 0 Å². The van der Waals surface area contributed by atoms with E-state index in [1.807, 2.05) is 37.3 Å². The van der Waals surface area contributed by atoms with Crippen LogP contribution in [-0.2, 0) is 6.42 Å². The van der Waals surface area contributed by atoms with Crippen molar-refractivity contribution >= 4 is 5.91 Å². The summed E-state index contributed by atoms with van der Waals surface area (Å²) in [5, 5.41) is 20.7. The minimum atomic E-state index is -1.01. The molecule has 0 bridgehead atoms. The Morgan fingerprint density at radius 3 is 2.69 bits per heavy atom. The normalized spacial score (nSPS) is 21.6. The number of pyridine rings is 1. The molecule has 0 saturated heterocycles. The molecular formula is C23H30N2O4. The summed E-state index contributed by atoms with van der Waals surface area (Å²) in [6, 6.07) is 11.4. The molecule has 2 heterocycles. The van der Waals surface area contributed by atoms with Crippen LogP contribution in [0.3, 0.4) is 0 Å². The van der Waals surface area contributed by atoms with Crippen molar-refractivity contribution in [1.82, 2.24) is 9.88 Å². The van der Waals surface area contributed by atoms with E-state index in [4.69, 9.17) is 4.74 Å². The van der Waals surface area contributed by atoms with Crippen molar-refractivity contribution in [2.24, 2.45) is 0 Å². The average Bonchev–Trinajstić information content (AvgIpc) is 2.74. The molecule has 1 amide bonds. The first-order chi connectivity index (χ1) is 14.0. The Balaban J connectivity index is 1.70. The molecule has 1 aliphatic rings. The van der Waals surface area contributed by atoms with Crippen molar-refractivity contribution in [2.75, 3.05) is 19.7 Å². The minimum Gasteiger partial charge on any atom is -0.491 e. The summed E-state index contributed by atoms with van der Waals surface area (Å²) in [7, 11) is 0. The van der Waals surface area contributed by atoms with Gasteiger partial charge in [0.1, 0.15) is 24.2 Å². The molecular weight excluding hydrogens is 368 g/mol. The Hall–Kier alpha value is -2.44. The molecule has 3 rings (SSSR count). The maximum Gasteiger partial charge on any atom is 0.272 e. The number of carbonyl (C=O) groups excluding carboxylic acids is 1. The summed E-state index contributed by atoms with van der Waals surface area (Å²) < 4.78 is 5.77. The van der Waals surface area contributed by atoms with E-state index in [9.17, 15) is 15.0 Å². The van der Waals surface area contributed by atoms with Crippen molar-refractivity contribution in [1.29, 1.82) is 0 Å². The molecule has 0 unspecified atom stereocenters. The second-order valence-electron chi connectivity index (χ2n) is 7.67. The minimum absolute atomic E-state index is 0.0195. The molecule has 0 fully saturated rings. The number of ether oxygens (including phenoxy) is 1. The van der Waals surface area contributed by atoms with Gasteiger partial charge in [0.25, 0.3) is 5.91 Å². The van der Waals surface area contributed by atoms with Gasteiger partial charge in [-0.2, -0.15) is 0 Å². The van der Waals surface area contributed by atoms with Crippen LogP contribution >= 0.6 is 0 Å². The number of aryl methyl sites for hydroxylation is 2.